The Hall–Kier alpha value is -0.290. The van der Waals surface area contributed by atoms with Gasteiger partial charge in [-0.2, -0.15) is 13.2 Å². The highest BCUT2D eigenvalue weighted by molar-refractivity contribution is 4.98. The van der Waals surface area contributed by atoms with Gasteiger partial charge in [-0.1, -0.05) is 19.8 Å². The number of nitrogens with zero attached hydrogens (tertiary/aromatic N) is 1. The van der Waals surface area contributed by atoms with Crippen LogP contribution in [0.3, 0.4) is 0 Å². The zero-order valence-corrected chi connectivity index (χ0v) is 12.4. The van der Waals surface area contributed by atoms with Gasteiger partial charge in [0.2, 0.25) is 0 Å². The van der Waals surface area contributed by atoms with Gasteiger partial charge < -0.3 is 5.73 Å². The molecule has 2 aliphatic rings. The van der Waals surface area contributed by atoms with E-state index in [1.165, 1.54) is 19.3 Å². The molecule has 0 aromatic rings. The van der Waals surface area contributed by atoms with E-state index in [1.807, 2.05) is 6.92 Å². The number of hydrogen-bond donors (Lipinski definition) is 1. The van der Waals surface area contributed by atoms with Crippen LogP contribution in [-0.2, 0) is 0 Å². The molecule has 0 spiro atoms. The van der Waals surface area contributed by atoms with E-state index in [0.717, 1.165) is 19.5 Å². The van der Waals surface area contributed by atoms with Crippen LogP contribution >= 0.6 is 0 Å². The minimum absolute atomic E-state index is 0.188. The van der Waals surface area contributed by atoms with Crippen LogP contribution in [0.15, 0.2) is 0 Å². The smallest absolute Gasteiger partial charge is 0.329 e. The van der Waals surface area contributed by atoms with Crippen molar-refractivity contribution in [1.82, 2.24) is 4.90 Å². The molecule has 118 valence electrons. The molecule has 2 rings (SSSR count). The van der Waals surface area contributed by atoms with Gasteiger partial charge in [-0.15, -0.1) is 0 Å². The highest BCUT2D eigenvalue weighted by atomic mass is 19.4. The van der Waals surface area contributed by atoms with Crippen molar-refractivity contribution in [3.05, 3.63) is 0 Å². The van der Waals surface area contributed by atoms with Gasteiger partial charge in [0.1, 0.15) is 0 Å². The number of likely N-dealkylation sites (N-methyl/N-ethyl adjacent to an activating group) is 1. The SMILES string of the molecule is CCN(CC1CCC1)C1(CN)CCCC(C(F)(F)F)C1. The van der Waals surface area contributed by atoms with Crippen molar-refractivity contribution in [2.75, 3.05) is 19.6 Å². The Morgan fingerprint density at radius 3 is 2.35 bits per heavy atom. The number of hydrogen-bond acceptors (Lipinski definition) is 2. The molecule has 0 radical (unpaired) electrons. The first kappa shape index (κ1) is 16.1. The summed E-state index contributed by atoms with van der Waals surface area (Å²) in [4.78, 5) is 2.26. The van der Waals surface area contributed by atoms with E-state index in [0.29, 0.717) is 18.9 Å². The lowest BCUT2D eigenvalue weighted by Gasteiger charge is -2.50. The van der Waals surface area contributed by atoms with E-state index in [-0.39, 0.29) is 12.8 Å². The Kier molecular flexibility index (Phi) is 5.00. The average Bonchev–Trinajstić information content (AvgIpc) is 2.36. The summed E-state index contributed by atoms with van der Waals surface area (Å²) in [6.07, 6.45) is 1.55. The van der Waals surface area contributed by atoms with E-state index in [4.69, 9.17) is 5.73 Å². The first-order valence-electron chi connectivity index (χ1n) is 7.93. The molecular weight excluding hydrogens is 265 g/mol. The average molecular weight is 292 g/mol. The molecule has 2 unspecified atom stereocenters. The fourth-order valence-corrected chi connectivity index (χ4v) is 3.87. The third kappa shape index (κ3) is 3.30. The maximum atomic E-state index is 13.1. The minimum Gasteiger partial charge on any atom is -0.329 e. The van der Waals surface area contributed by atoms with Crippen molar-refractivity contribution in [2.24, 2.45) is 17.6 Å². The summed E-state index contributed by atoms with van der Waals surface area (Å²) < 4.78 is 39.2. The van der Waals surface area contributed by atoms with Crippen LogP contribution in [-0.4, -0.2) is 36.2 Å². The molecule has 2 atom stereocenters. The normalized spacial score (nSPS) is 32.4. The van der Waals surface area contributed by atoms with Crippen molar-refractivity contribution >= 4 is 0 Å². The van der Waals surface area contributed by atoms with Gasteiger partial charge in [-0.25, -0.2) is 0 Å². The lowest BCUT2D eigenvalue weighted by Crippen LogP contribution is -2.59. The summed E-state index contributed by atoms with van der Waals surface area (Å²) in [5, 5.41) is 0. The van der Waals surface area contributed by atoms with Crippen LogP contribution < -0.4 is 5.73 Å². The van der Waals surface area contributed by atoms with Gasteiger partial charge in [0.15, 0.2) is 0 Å². The Labute approximate surface area is 119 Å². The van der Waals surface area contributed by atoms with Crippen LogP contribution in [0.1, 0.15) is 51.9 Å². The maximum absolute atomic E-state index is 13.1. The van der Waals surface area contributed by atoms with Gasteiger partial charge in [-0.05, 0) is 44.6 Å². The number of alkyl halides is 3. The van der Waals surface area contributed by atoms with Crippen LogP contribution in [0.2, 0.25) is 0 Å². The third-order valence-electron chi connectivity index (χ3n) is 5.42. The summed E-state index contributed by atoms with van der Waals surface area (Å²) >= 11 is 0. The second-order valence-electron chi connectivity index (χ2n) is 6.60. The molecule has 2 fully saturated rings. The van der Waals surface area contributed by atoms with Crippen LogP contribution in [0.25, 0.3) is 0 Å². The highest BCUT2D eigenvalue weighted by Crippen LogP contribution is 2.44. The van der Waals surface area contributed by atoms with E-state index in [9.17, 15) is 13.2 Å². The molecular formula is C15H27F3N2. The van der Waals surface area contributed by atoms with Crippen molar-refractivity contribution in [1.29, 1.82) is 0 Å². The fraction of sp³-hybridized carbons (Fsp3) is 1.00. The largest absolute Gasteiger partial charge is 0.391 e. The second-order valence-corrected chi connectivity index (χ2v) is 6.60. The molecule has 2 saturated carbocycles. The molecule has 2 aliphatic carbocycles. The highest BCUT2D eigenvalue weighted by Gasteiger charge is 2.49. The fourth-order valence-electron chi connectivity index (χ4n) is 3.87. The Bertz CT molecular complexity index is 315. The number of rotatable bonds is 5. The molecule has 0 amide bonds. The number of halogens is 3. The first-order valence-corrected chi connectivity index (χ1v) is 7.93. The predicted octanol–water partition coefficient (Wildman–Crippen LogP) is 3.56. The minimum atomic E-state index is -4.07. The van der Waals surface area contributed by atoms with E-state index >= 15 is 0 Å². The van der Waals surface area contributed by atoms with Gasteiger partial charge in [0, 0.05) is 18.6 Å². The summed E-state index contributed by atoms with van der Waals surface area (Å²) in [5.74, 6) is -0.500. The summed E-state index contributed by atoms with van der Waals surface area (Å²) in [5.41, 5.74) is 5.52. The lowest BCUT2D eigenvalue weighted by atomic mass is 9.73. The van der Waals surface area contributed by atoms with Crippen molar-refractivity contribution in [3.8, 4) is 0 Å². The summed E-state index contributed by atoms with van der Waals surface area (Å²) in [6, 6.07) is 0. The Morgan fingerprint density at radius 2 is 1.90 bits per heavy atom. The molecule has 20 heavy (non-hydrogen) atoms. The lowest BCUT2D eigenvalue weighted by molar-refractivity contribution is -0.194. The molecule has 2 N–H and O–H groups in total. The zero-order chi connectivity index (χ0) is 14.8. The Balaban J connectivity index is 2.08. The van der Waals surface area contributed by atoms with Gasteiger partial charge in [0.05, 0.1) is 5.92 Å². The number of nitrogens with two attached hydrogens (primary N) is 1. The monoisotopic (exact) mass is 292 g/mol. The topological polar surface area (TPSA) is 29.3 Å². The maximum Gasteiger partial charge on any atom is 0.391 e. The summed E-state index contributed by atoms with van der Waals surface area (Å²) in [7, 11) is 0. The molecule has 2 nitrogen and oxygen atoms in total. The third-order valence-corrected chi connectivity index (χ3v) is 5.42. The van der Waals surface area contributed by atoms with Crippen LogP contribution in [0.5, 0.6) is 0 Å². The molecule has 0 heterocycles. The molecule has 0 bridgehead atoms. The molecule has 0 aromatic heterocycles. The summed E-state index contributed by atoms with van der Waals surface area (Å²) in [6.45, 7) is 4.13. The molecule has 0 aromatic carbocycles. The molecule has 5 heteroatoms. The predicted molar refractivity (Wildman–Crippen MR) is 74.4 cm³/mol. The standard InChI is InChI=1S/C15H27F3N2/c1-2-20(10-12-5-3-6-12)14(11-19)8-4-7-13(9-14)15(16,17)18/h12-13H,2-11,19H2,1H3. The van der Waals surface area contributed by atoms with E-state index in [2.05, 4.69) is 4.90 Å². The van der Waals surface area contributed by atoms with E-state index < -0.39 is 17.6 Å². The van der Waals surface area contributed by atoms with Crippen LogP contribution in [0.4, 0.5) is 13.2 Å². The van der Waals surface area contributed by atoms with Gasteiger partial charge >= 0.3 is 6.18 Å². The van der Waals surface area contributed by atoms with Crippen LogP contribution in [0, 0.1) is 11.8 Å². The molecule has 0 aliphatic heterocycles. The molecule has 0 saturated heterocycles. The second kappa shape index (κ2) is 6.22. The zero-order valence-electron chi connectivity index (χ0n) is 12.4. The van der Waals surface area contributed by atoms with Crippen molar-refractivity contribution in [3.63, 3.8) is 0 Å². The quantitative estimate of drug-likeness (QED) is 0.839. The van der Waals surface area contributed by atoms with Crippen molar-refractivity contribution < 1.29 is 13.2 Å². The van der Waals surface area contributed by atoms with Gasteiger partial charge in [0.25, 0.3) is 0 Å². The van der Waals surface area contributed by atoms with E-state index in [1.54, 1.807) is 0 Å². The first-order chi connectivity index (χ1) is 9.41. The van der Waals surface area contributed by atoms with Gasteiger partial charge in [-0.3, -0.25) is 4.90 Å². The Morgan fingerprint density at radius 1 is 1.20 bits per heavy atom. The van der Waals surface area contributed by atoms with Crippen molar-refractivity contribution in [2.45, 2.75) is 63.6 Å².